The molecule has 1 aliphatic carbocycles. The van der Waals surface area contributed by atoms with Crippen LogP contribution in [-0.2, 0) is 16.6 Å². The molecule has 31 heavy (non-hydrogen) atoms. The van der Waals surface area contributed by atoms with Gasteiger partial charge in [0.25, 0.3) is 0 Å². The van der Waals surface area contributed by atoms with Crippen LogP contribution in [0.15, 0.2) is 42.6 Å². The maximum Gasteiger partial charge on any atom is 0.233 e. The number of benzene rings is 1. The monoisotopic (exact) mass is 436 g/mol. The van der Waals surface area contributed by atoms with Gasteiger partial charge in [-0.3, -0.25) is 4.79 Å². The van der Waals surface area contributed by atoms with Crippen molar-refractivity contribution in [1.29, 1.82) is 0 Å². The second kappa shape index (κ2) is 8.27. The molecule has 2 aliphatic rings. The molecule has 1 amide bonds. The molecule has 0 bridgehead atoms. The number of rotatable bonds is 5. The Hall–Kier alpha value is -2.40. The second-order valence-electron chi connectivity index (χ2n) is 8.96. The lowest BCUT2D eigenvalue weighted by Gasteiger charge is -2.45. The van der Waals surface area contributed by atoms with Crippen LogP contribution in [0.25, 0.3) is 11.2 Å². The van der Waals surface area contributed by atoms with Crippen LogP contribution in [0.3, 0.4) is 0 Å². The first kappa shape index (κ1) is 20.5. The van der Waals surface area contributed by atoms with Gasteiger partial charge in [0.15, 0.2) is 5.65 Å². The summed E-state index contributed by atoms with van der Waals surface area (Å²) in [7, 11) is 0. The van der Waals surface area contributed by atoms with E-state index in [9.17, 15) is 4.79 Å². The second-order valence-corrected chi connectivity index (χ2v) is 9.40. The number of likely N-dealkylation sites (tertiary alicyclic amines) is 1. The predicted octanol–water partition coefficient (Wildman–Crippen LogP) is 5.32. The molecule has 0 radical (unpaired) electrons. The summed E-state index contributed by atoms with van der Waals surface area (Å²) >= 11 is 6.08. The van der Waals surface area contributed by atoms with Crippen LogP contribution in [0.4, 0.5) is 0 Å². The number of imidazole rings is 1. The van der Waals surface area contributed by atoms with Gasteiger partial charge < -0.3 is 9.47 Å². The normalized spacial score (nSPS) is 18.8. The summed E-state index contributed by atoms with van der Waals surface area (Å²) in [6.07, 6.45) is 8.73. The molecule has 0 unspecified atom stereocenters. The molecule has 0 spiro atoms. The third-order valence-corrected chi connectivity index (χ3v) is 7.38. The molecule has 1 saturated heterocycles. The van der Waals surface area contributed by atoms with Crippen molar-refractivity contribution in [3.05, 3.63) is 59.0 Å². The first-order valence-electron chi connectivity index (χ1n) is 11.5. The van der Waals surface area contributed by atoms with E-state index in [2.05, 4.69) is 21.4 Å². The van der Waals surface area contributed by atoms with Gasteiger partial charge in [-0.2, -0.15) is 0 Å². The number of aromatic nitrogens is 3. The molecule has 6 heteroatoms. The van der Waals surface area contributed by atoms with E-state index in [1.807, 2.05) is 42.6 Å². The van der Waals surface area contributed by atoms with E-state index in [1.165, 1.54) is 0 Å². The van der Waals surface area contributed by atoms with Crippen molar-refractivity contribution in [1.82, 2.24) is 19.4 Å². The molecule has 0 atom stereocenters. The van der Waals surface area contributed by atoms with Crippen molar-refractivity contribution in [3.8, 4) is 0 Å². The van der Waals surface area contributed by atoms with Gasteiger partial charge in [0.05, 0.1) is 5.41 Å². The van der Waals surface area contributed by atoms with Crippen LogP contribution in [0.5, 0.6) is 0 Å². The number of hydrogen-bond acceptors (Lipinski definition) is 3. The van der Waals surface area contributed by atoms with Gasteiger partial charge in [-0.15, -0.1) is 0 Å². The number of aryl methyl sites for hydroxylation is 1. The lowest BCUT2D eigenvalue weighted by atomic mass is 9.63. The van der Waals surface area contributed by atoms with Crippen molar-refractivity contribution in [2.24, 2.45) is 0 Å². The maximum atomic E-state index is 13.6. The van der Waals surface area contributed by atoms with Crippen molar-refractivity contribution in [2.75, 3.05) is 13.1 Å². The molecular formula is C25H29ClN4O. The minimum atomic E-state index is -0.353. The Morgan fingerprint density at radius 2 is 1.90 bits per heavy atom. The van der Waals surface area contributed by atoms with Gasteiger partial charge >= 0.3 is 0 Å². The highest BCUT2D eigenvalue weighted by Crippen LogP contribution is 2.46. The summed E-state index contributed by atoms with van der Waals surface area (Å²) < 4.78 is 2.35. The topological polar surface area (TPSA) is 51.0 Å². The highest BCUT2D eigenvalue weighted by Gasteiger charge is 2.48. The summed E-state index contributed by atoms with van der Waals surface area (Å²) in [5.41, 5.74) is 2.71. The van der Waals surface area contributed by atoms with Crippen LogP contribution >= 0.6 is 11.6 Å². The maximum absolute atomic E-state index is 13.6. The molecule has 1 saturated carbocycles. The average molecular weight is 437 g/mol. The fourth-order valence-electron chi connectivity index (χ4n) is 5.32. The first-order valence-corrected chi connectivity index (χ1v) is 11.9. The van der Waals surface area contributed by atoms with E-state index >= 15 is 0 Å². The summed E-state index contributed by atoms with van der Waals surface area (Å²) in [5, 5.41) is 0.718. The molecule has 2 aromatic heterocycles. The van der Waals surface area contributed by atoms with E-state index in [-0.39, 0.29) is 5.41 Å². The Bertz CT molecular complexity index is 1080. The molecule has 5 rings (SSSR count). The van der Waals surface area contributed by atoms with E-state index < -0.39 is 0 Å². The summed E-state index contributed by atoms with van der Waals surface area (Å²) in [6.45, 7) is 3.76. The Labute approximate surface area is 188 Å². The number of hydrogen-bond donors (Lipinski definition) is 0. The van der Waals surface area contributed by atoms with Crippen LogP contribution in [0.2, 0.25) is 5.02 Å². The SMILES string of the molecule is CCCc1nc2cccnc2n1C1CCN(C(=O)C2(c3ccc(Cl)cc3)CCC2)CC1. The minimum Gasteiger partial charge on any atom is -0.342 e. The van der Waals surface area contributed by atoms with Gasteiger partial charge in [-0.1, -0.05) is 37.1 Å². The number of nitrogens with zero attached hydrogens (tertiary/aromatic N) is 4. The minimum absolute atomic E-state index is 0.293. The lowest BCUT2D eigenvalue weighted by molar-refractivity contribution is -0.142. The highest BCUT2D eigenvalue weighted by atomic mass is 35.5. The summed E-state index contributed by atoms with van der Waals surface area (Å²) in [6, 6.07) is 12.2. The fourth-order valence-corrected chi connectivity index (χ4v) is 5.44. The van der Waals surface area contributed by atoms with Crippen LogP contribution in [0.1, 0.15) is 62.9 Å². The van der Waals surface area contributed by atoms with E-state index in [1.54, 1.807) is 0 Å². The Balaban J connectivity index is 1.35. The standard InChI is InChI=1S/C25H29ClN4O/c1-2-5-22-28-21-6-3-15-27-23(21)30(22)20-11-16-29(17-12-20)24(31)25(13-4-14-25)18-7-9-19(26)10-8-18/h3,6-10,15,20H,2,4-5,11-14,16-17H2,1H3. The van der Waals surface area contributed by atoms with E-state index in [4.69, 9.17) is 16.6 Å². The van der Waals surface area contributed by atoms with Crippen molar-refractivity contribution >= 4 is 28.7 Å². The number of carbonyl (C=O) groups excluding carboxylic acids is 1. The molecular weight excluding hydrogens is 408 g/mol. The molecule has 162 valence electrons. The third-order valence-electron chi connectivity index (χ3n) is 7.13. The number of halogens is 1. The Morgan fingerprint density at radius 3 is 2.55 bits per heavy atom. The molecule has 1 aromatic carbocycles. The first-order chi connectivity index (χ1) is 15.1. The van der Waals surface area contributed by atoms with E-state index in [0.29, 0.717) is 11.9 Å². The largest absolute Gasteiger partial charge is 0.342 e. The van der Waals surface area contributed by atoms with Crippen LogP contribution < -0.4 is 0 Å². The third kappa shape index (κ3) is 3.53. The smallest absolute Gasteiger partial charge is 0.233 e. The number of carbonyl (C=O) groups is 1. The molecule has 3 aromatic rings. The van der Waals surface area contributed by atoms with Crippen LogP contribution in [-0.4, -0.2) is 38.4 Å². The van der Waals surface area contributed by atoms with Gasteiger partial charge in [-0.05, 0) is 61.9 Å². The Morgan fingerprint density at radius 1 is 1.16 bits per heavy atom. The van der Waals surface area contributed by atoms with Crippen molar-refractivity contribution in [2.45, 2.75) is 63.3 Å². The van der Waals surface area contributed by atoms with Gasteiger partial charge in [0.2, 0.25) is 5.91 Å². The number of fused-ring (bicyclic) bond motifs is 1. The van der Waals surface area contributed by atoms with Gasteiger partial charge in [0.1, 0.15) is 11.3 Å². The Kier molecular flexibility index (Phi) is 5.47. The lowest BCUT2D eigenvalue weighted by Crippen LogP contribution is -2.53. The highest BCUT2D eigenvalue weighted by molar-refractivity contribution is 6.30. The molecule has 2 fully saturated rings. The zero-order valence-electron chi connectivity index (χ0n) is 18.1. The quantitative estimate of drug-likeness (QED) is 0.543. The number of pyridine rings is 1. The predicted molar refractivity (Wildman–Crippen MR) is 123 cm³/mol. The van der Waals surface area contributed by atoms with E-state index in [0.717, 1.165) is 85.6 Å². The number of amides is 1. The van der Waals surface area contributed by atoms with Crippen molar-refractivity contribution < 1.29 is 4.79 Å². The summed E-state index contributed by atoms with van der Waals surface area (Å²) in [4.78, 5) is 25.2. The zero-order valence-corrected chi connectivity index (χ0v) is 18.8. The van der Waals surface area contributed by atoms with Gasteiger partial charge in [0, 0.05) is 36.8 Å². The number of piperidine rings is 1. The van der Waals surface area contributed by atoms with Crippen molar-refractivity contribution in [3.63, 3.8) is 0 Å². The molecule has 0 N–H and O–H groups in total. The zero-order chi connectivity index (χ0) is 21.4. The fraction of sp³-hybridized carbons (Fsp3) is 0.480. The summed E-state index contributed by atoms with van der Waals surface area (Å²) in [5.74, 6) is 1.42. The molecule has 1 aliphatic heterocycles. The molecule has 3 heterocycles. The van der Waals surface area contributed by atoms with Gasteiger partial charge in [-0.25, -0.2) is 9.97 Å². The van der Waals surface area contributed by atoms with Crippen LogP contribution in [0, 0.1) is 0 Å². The average Bonchev–Trinajstić information content (AvgIpc) is 3.12. The molecule has 5 nitrogen and oxygen atoms in total.